The van der Waals surface area contributed by atoms with Crippen molar-refractivity contribution in [1.82, 2.24) is 4.90 Å². The lowest BCUT2D eigenvalue weighted by atomic mass is 10.1. The molecule has 0 atom stereocenters. The molecule has 2 rings (SSSR count). The lowest BCUT2D eigenvalue weighted by molar-refractivity contribution is -0.0512. The van der Waals surface area contributed by atoms with Gasteiger partial charge in [0.25, 0.3) is 5.91 Å². The third-order valence-electron chi connectivity index (χ3n) is 4.08. The van der Waals surface area contributed by atoms with E-state index in [2.05, 4.69) is 4.74 Å². The maximum atomic E-state index is 12.8. The minimum Gasteiger partial charge on any atom is -0.493 e. The second kappa shape index (κ2) is 8.55. The number of halogens is 2. The average molecular weight is 413 g/mol. The van der Waals surface area contributed by atoms with E-state index < -0.39 is 16.4 Å². The van der Waals surface area contributed by atoms with E-state index in [1.165, 1.54) is 36.3 Å². The van der Waals surface area contributed by atoms with E-state index in [1.54, 1.807) is 26.1 Å². The minimum absolute atomic E-state index is 0.0602. The summed E-state index contributed by atoms with van der Waals surface area (Å²) in [4.78, 5) is 14.3. The topological polar surface area (TPSA) is 72.9 Å². The van der Waals surface area contributed by atoms with Crippen LogP contribution in [-0.2, 0) is 16.4 Å². The zero-order valence-corrected chi connectivity index (χ0v) is 16.7. The standard InChI is InChI=1S/C19H21F2NO5S/c1-12-5-7-14(28(4,24)25)10-15(12)18(23)22(2)11-13-6-8-16(27-19(20)21)17(9-13)26-3/h5-10,19H,11H2,1-4H3. The van der Waals surface area contributed by atoms with Crippen LogP contribution in [0.1, 0.15) is 21.5 Å². The Morgan fingerprint density at radius 1 is 1.14 bits per heavy atom. The van der Waals surface area contributed by atoms with E-state index in [1.807, 2.05) is 0 Å². The van der Waals surface area contributed by atoms with Gasteiger partial charge in [-0.15, -0.1) is 0 Å². The first-order valence-electron chi connectivity index (χ1n) is 8.21. The highest BCUT2D eigenvalue weighted by molar-refractivity contribution is 7.90. The number of rotatable bonds is 7. The quantitative estimate of drug-likeness (QED) is 0.697. The van der Waals surface area contributed by atoms with Crippen molar-refractivity contribution in [1.29, 1.82) is 0 Å². The van der Waals surface area contributed by atoms with Gasteiger partial charge in [0.15, 0.2) is 21.3 Å². The molecule has 0 saturated heterocycles. The lowest BCUT2D eigenvalue weighted by Crippen LogP contribution is -2.27. The Balaban J connectivity index is 2.25. The van der Waals surface area contributed by atoms with E-state index in [9.17, 15) is 22.0 Å². The predicted octanol–water partition coefficient (Wildman–Crippen LogP) is 3.28. The third-order valence-corrected chi connectivity index (χ3v) is 5.19. The highest BCUT2D eigenvalue weighted by Gasteiger charge is 2.19. The maximum absolute atomic E-state index is 12.8. The Labute approximate surface area is 162 Å². The molecule has 0 aromatic heterocycles. The van der Waals surface area contributed by atoms with Crippen LogP contribution in [-0.4, -0.2) is 46.2 Å². The summed E-state index contributed by atoms with van der Waals surface area (Å²) < 4.78 is 57.8. The van der Waals surface area contributed by atoms with Gasteiger partial charge in [0.1, 0.15) is 0 Å². The first kappa shape index (κ1) is 21.6. The number of carbonyl (C=O) groups excluding carboxylic acids is 1. The number of amides is 1. The van der Waals surface area contributed by atoms with Crippen LogP contribution in [0.4, 0.5) is 8.78 Å². The largest absolute Gasteiger partial charge is 0.493 e. The van der Waals surface area contributed by atoms with E-state index in [-0.39, 0.29) is 34.4 Å². The summed E-state index contributed by atoms with van der Waals surface area (Å²) in [6.07, 6.45) is 1.07. The van der Waals surface area contributed by atoms with Gasteiger partial charge in [-0.05, 0) is 42.3 Å². The molecule has 0 spiro atoms. The molecule has 6 nitrogen and oxygen atoms in total. The number of alkyl halides is 2. The second-order valence-electron chi connectivity index (χ2n) is 6.27. The average Bonchev–Trinajstić information content (AvgIpc) is 2.61. The smallest absolute Gasteiger partial charge is 0.387 e. The fraction of sp³-hybridized carbons (Fsp3) is 0.316. The monoisotopic (exact) mass is 413 g/mol. The summed E-state index contributed by atoms with van der Waals surface area (Å²) in [5.74, 6) is -0.351. The van der Waals surface area contributed by atoms with Crippen molar-refractivity contribution in [2.24, 2.45) is 0 Å². The van der Waals surface area contributed by atoms with Gasteiger partial charge in [-0.3, -0.25) is 4.79 Å². The molecule has 2 aromatic rings. The number of carbonyl (C=O) groups is 1. The molecule has 0 saturated carbocycles. The van der Waals surface area contributed by atoms with Crippen LogP contribution in [0.3, 0.4) is 0 Å². The van der Waals surface area contributed by atoms with E-state index in [0.717, 1.165) is 6.26 Å². The summed E-state index contributed by atoms with van der Waals surface area (Å²) >= 11 is 0. The summed E-state index contributed by atoms with van der Waals surface area (Å²) in [5.41, 5.74) is 1.55. The van der Waals surface area contributed by atoms with Gasteiger partial charge in [-0.2, -0.15) is 8.78 Å². The van der Waals surface area contributed by atoms with Crippen LogP contribution in [0.25, 0.3) is 0 Å². The summed E-state index contributed by atoms with van der Waals surface area (Å²) in [6, 6.07) is 8.77. The molecule has 28 heavy (non-hydrogen) atoms. The first-order valence-corrected chi connectivity index (χ1v) is 10.1. The molecule has 2 aromatic carbocycles. The molecule has 0 heterocycles. The molecule has 0 unspecified atom stereocenters. The molecule has 152 valence electrons. The van der Waals surface area contributed by atoms with Crippen LogP contribution < -0.4 is 9.47 Å². The van der Waals surface area contributed by atoms with Crippen LogP contribution in [0.15, 0.2) is 41.3 Å². The fourth-order valence-corrected chi connectivity index (χ4v) is 3.26. The van der Waals surface area contributed by atoms with Gasteiger partial charge in [0, 0.05) is 25.4 Å². The Morgan fingerprint density at radius 2 is 1.82 bits per heavy atom. The summed E-state index contributed by atoms with van der Waals surface area (Å²) in [5, 5.41) is 0. The Morgan fingerprint density at radius 3 is 2.39 bits per heavy atom. The van der Waals surface area contributed by atoms with Crippen LogP contribution in [0, 0.1) is 6.92 Å². The lowest BCUT2D eigenvalue weighted by Gasteiger charge is -2.20. The fourth-order valence-electron chi connectivity index (χ4n) is 2.62. The molecule has 0 fully saturated rings. The molecule has 1 amide bonds. The normalized spacial score (nSPS) is 11.4. The SMILES string of the molecule is COc1cc(CN(C)C(=O)c2cc(S(C)(=O)=O)ccc2C)ccc1OC(F)F. The zero-order valence-electron chi connectivity index (χ0n) is 15.9. The van der Waals surface area contributed by atoms with Crippen molar-refractivity contribution in [2.75, 3.05) is 20.4 Å². The van der Waals surface area contributed by atoms with Gasteiger partial charge < -0.3 is 14.4 Å². The van der Waals surface area contributed by atoms with Crippen molar-refractivity contribution < 1.29 is 31.5 Å². The van der Waals surface area contributed by atoms with Gasteiger partial charge in [0.2, 0.25) is 0 Å². The number of hydrogen-bond acceptors (Lipinski definition) is 5. The Hall–Kier alpha value is -2.68. The molecule has 0 bridgehead atoms. The molecule has 0 aliphatic heterocycles. The number of benzene rings is 2. The van der Waals surface area contributed by atoms with Gasteiger partial charge in [0.05, 0.1) is 12.0 Å². The van der Waals surface area contributed by atoms with Crippen molar-refractivity contribution in [3.8, 4) is 11.5 Å². The molecule has 0 aliphatic carbocycles. The second-order valence-corrected chi connectivity index (χ2v) is 8.29. The number of aryl methyl sites for hydroxylation is 1. The van der Waals surface area contributed by atoms with E-state index in [4.69, 9.17) is 4.74 Å². The predicted molar refractivity (Wildman–Crippen MR) is 99.7 cm³/mol. The van der Waals surface area contributed by atoms with Gasteiger partial charge in [-0.1, -0.05) is 12.1 Å². The highest BCUT2D eigenvalue weighted by atomic mass is 32.2. The zero-order chi connectivity index (χ0) is 21.1. The summed E-state index contributed by atoms with van der Waals surface area (Å²) in [6.45, 7) is -1.10. The highest BCUT2D eigenvalue weighted by Crippen LogP contribution is 2.30. The molecular formula is C19H21F2NO5S. The molecular weight excluding hydrogens is 392 g/mol. The van der Waals surface area contributed by atoms with Crippen LogP contribution >= 0.6 is 0 Å². The van der Waals surface area contributed by atoms with E-state index >= 15 is 0 Å². The van der Waals surface area contributed by atoms with Crippen molar-refractivity contribution in [3.05, 3.63) is 53.1 Å². The Kier molecular flexibility index (Phi) is 6.60. The number of nitrogens with zero attached hydrogens (tertiary/aromatic N) is 1. The third kappa shape index (κ3) is 5.19. The van der Waals surface area contributed by atoms with Crippen molar-refractivity contribution in [3.63, 3.8) is 0 Å². The van der Waals surface area contributed by atoms with Crippen molar-refractivity contribution >= 4 is 15.7 Å². The number of methoxy groups -OCH3 is 1. The summed E-state index contributed by atoms with van der Waals surface area (Å²) in [7, 11) is -0.560. The number of ether oxygens (including phenoxy) is 2. The minimum atomic E-state index is -3.45. The van der Waals surface area contributed by atoms with Gasteiger partial charge >= 0.3 is 6.61 Å². The number of hydrogen-bond donors (Lipinski definition) is 0. The molecule has 0 radical (unpaired) electrons. The Bertz CT molecular complexity index is 976. The van der Waals surface area contributed by atoms with Gasteiger partial charge in [-0.25, -0.2) is 8.42 Å². The van der Waals surface area contributed by atoms with Crippen LogP contribution in [0.5, 0.6) is 11.5 Å². The first-order chi connectivity index (χ1) is 13.0. The van der Waals surface area contributed by atoms with Crippen molar-refractivity contribution in [2.45, 2.75) is 25.0 Å². The number of sulfone groups is 1. The molecule has 0 aliphatic rings. The molecule has 0 N–H and O–H groups in total. The maximum Gasteiger partial charge on any atom is 0.387 e. The molecule has 9 heteroatoms. The van der Waals surface area contributed by atoms with Crippen LogP contribution in [0.2, 0.25) is 0 Å². The van der Waals surface area contributed by atoms with E-state index in [0.29, 0.717) is 11.1 Å².